The van der Waals surface area contributed by atoms with Crippen LogP contribution >= 0.6 is 0 Å². The number of hydrogen-bond donors (Lipinski definition) is 0. The van der Waals surface area contributed by atoms with Crippen molar-refractivity contribution in [3.8, 4) is 22.5 Å². The summed E-state index contributed by atoms with van der Waals surface area (Å²) in [6.07, 6.45) is 4.61. The smallest absolute Gasteiger partial charge is 0.222 e. The van der Waals surface area contributed by atoms with E-state index in [-0.39, 0.29) is 0 Å². The number of imidazole rings is 1. The fourth-order valence-corrected chi connectivity index (χ4v) is 4.40. The second kappa shape index (κ2) is 8.86. The van der Waals surface area contributed by atoms with Gasteiger partial charge in [-0.1, -0.05) is 61.0 Å². The van der Waals surface area contributed by atoms with E-state index in [0.29, 0.717) is 18.2 Å². The van der Waals surface area contributed by atoms with E-state index in [1.807, 2.05) is 11.1 Å². The molecule has 0 spiro atoms. The molecule has 1 saturated heterocycles. The average molecular weight is 402 g/mol. The number of likely N-dealkylation sites (tertiary alicyclic amines) is 1. The molecule has 1 aliphatic rings. The molecule has 0 aliphatic carbocycles. The predicted molar refractivity (Wildman–Crippen MR) is 122 cm³/mol. The summed E-state index contributed by atoms with van der Waals surface area (Å²) < 4.78 is 2.32. The molecule has 2 heterocycles. The molecule has 1 aromatic heterocycles. The Morgan fingerprint density at radius 3 is 2.57 bits per heavy atom. The normalized spacial score (nSPS) is 16.2. The second-order valence-corrected chi connectivity index (χ2v) is 8.53. The van der Waals surface area contributed by atoms with E-state index in [1.165, 1.54) is 22.4 Å². The summed E-state index contributed by atoms with van der Waals surface area (Å²) in [6.45, 7) is 8.97. The quantitative estimate of drug-likeness (QED) is 0.548. The molecule has 4 rings (SSSR count). The third kappa shape index (κ3) is 4.33. The predicted octanol–water partition coefficient (Wildman–Crippen LogP) is 5.48. The zero-order valence-electron chi connectivity index (χ0n) is 18.3. The van der Waals surface area contributed by atoms with Crippen molar-refractivity contribution in [3.63, 3.8) is 0 Å². The summed E-state index contributed by atoms with van der Waals surface area (Å²) in [7, 11) is 0. The highest BCUT2D eigenvalue weighted by atomic mass is 16.2. The molecule has 0 N–H and O–H groups in total. The first-order valence-corrected chi connectivity index (χ1v) is 11.0. The monoisotopic (exact) mass is 401 g/mol. The minimum Gasteiger partial charge on any atom is -0.342 e. The van der Waals surface area contributed by atoms with Crippen LogP contribution in [-0.4, -0.2) is 33.4 Å². The summed E-state index contributed by atoms with van der Waals surface area (Å²) in [5.41, 5.74) is 6.04. The van der Waals surface area contributed by atoms with Gasteiger partial charge in [0.2, 0.25) is 5.91 Å². The van der Waals surface area contributed by atoms with Crippen LogP contribution in [0.15, 0.2) is 54.7 Å². The van der Waals surface area contributed by atoms with Crippen LogP contribution in [0.4, 0.5) is 0 Å². The van der Waals surface area contributed by atoms with Crippen LogP contribution in [0, 0.1) is 19.8 Å². The van der Waals surface area contributed by atoms with Gasteiger partial charge in [0.25, 0.3) is 0 Å². The van der Waals surface area contributed by atoms with E-state index < -0.39 is 0 Å². The maximum Gasteiger partial charge on any atom is 0.222 e. The van der Waals surface area contributed by atoms with Crippen molar-refractivity contribution >= 4 is 5.91 Å². The van der Waals surface area contributed by atoms with E-state index in [1.54, 1.807) is 0 Å². The van der Waals surface area contributed by atoms with Gasteiger partial charge in [-0.05, 0) is 43.7 Å². The number of nitrogens with zero attached hydrogens (tertiary/aromatic N) is 3. The molecule has 0 radical (unpaired) electrons. The Labute approximate surface area is 179 Å². The topological polar surface area (TPSA) is 38.1 Å². The van der Waals surface area contributed by atoms with Gasteiger partial charge in [0.15, 0.2) is 0 Å². The lowest BCUT2D eigenvalue weighted by atomic mass is 10.0. The van der Waals surface area contributed by atoms with Crippen molar-refractivity contribution in [1.82, 2.24) is 14.5 Å². The van der Waals surface area contributed by atoms with Crippen molar-refractivity contribution in [1.29, 1.82) is 0 Å². The third-order valence-electron chi connectivity index (χ3n) is 6.09. The molecule has 1 unspecified atom stereocenters. The maximum atomic E-state index is 12.2. The van der Waals surface area contributed by atoms with Gasteiger partial charge in [-0.2, -0.15) is 0 Å². The van der Waals surface area contributed by atoms with Gasteiger partial charge in [-0.25, -0.2) is 4.98 Å². The van der Waals surface area contributed by atoms with E-state index in [9.17, 15) is 4.79 Å². The molecular weight excluding hydrogens is 370 g/mol. The standard InChI is InChI=1S/C26H31N3O/c1-4-6-25(30)28-14-13-21(17-28)18-29-20(3)16-27-26(29)23-11-9-22(10-12-23)24-8-5-7-19(2)15-24/h5,7-12,15-16,21H,4,6,13-14,17-18H2,1-3H3. The first-order valence-electron chi connectivity index (χ1n) is 11.0. The van der Waals surface area contributed by atoms with Crippen LogP contribution in [0.5, 0.6) is 0 Å². The number of hydrogen-bond acceptors (Lipinski definition) is 2. The molecule has 2 aromatic carbocycles. The molecular formula is C26H31N3O. The zero-order valence-corrected chi connectivity index (χ0v) is 18.3. The molecule has 30 heavy (non-hydrogen) atoms. The van der Waals surface area contributed by atoms with Gasteiger partial charge < -0.3 is 9.47 Å². The van der Waals surface area contributed by atoms with Crippen LogP contribution in [-0.2, 0) is 11.3 Å². The van der Waals surface area contributed by atoms with E-state index >= 15 is 0 Å². The Morgan fingerprint density at radius 1 is 1.07 bits per heavy atom. The van der Waals surface area contributed by atoms with E-state index in [0.717, 1.165) is 43.9 Å². The maximum absolute atomic E-state index is 12.2. The fraction of sp³-hybridized carbons (Fsp3) is 0.385. The van der Waals surface area contributed by atoms with Gasteiger partial charge in [0, 0.05) is 43.5 Å². The third-order valence-corrected chi connectivity index (χ3v) is 6.09. The van der Waals surface area contributed by atoms with Crippen LogP contribution in [0.2, 0.25) is 0 Å². The van der Waals surface area contributed by atoms with Crippen molar-refractivity contribution in [2.24, 2.45) is 5.92 Å². The number of aromatic nitrogens is 2. The average Bonchev–Trinajstić information content (AvgIpc) is 3.36. The molecule has 156 valence electrons. The van der Waals surface area contributed by atoms with Crippen molar-refractivity contribution in [2.75, 3.05) is 13.1 Å². The van der Waals surface area contributed by atoms with Crippen LogP contribution in [0.1, 0.15) is 37.4 Å². The Bertz CT molecular complexity index is 1020. The van der Waals surface area contributed by atoms with Gasteiger partial charge >= 0.3 is 0 Å². The number of carbonyl (C=O) groups excluding carboxylic acids is 1. The Morgan fingerprint density at radius 2 is 1.83 bits per heavy atom. The summed E-state index contributed by atoms with van der Waals surface area (Å²) in [4.78, 5) is 19.0. The fourth-order valence-electron chi connectivity index (χ4n) is 4.40. The minimum atomic E-state index is 0.300. The molecule has 1 atom stereocenters. The number of benzene rings is 2. The number of carbonyl (C=O) groups is 1. The largest absolute Gasteiger partial charge is 0.342 e. The lowest BCUT2D eigenvalue weighted by molar-refractivity contribution is -0.130. The van der Waals surface area contributed by atoms with E-state index in [4.69, 9.17) is 4.98 Å². The first-order chi connectivity index (χ1) is 14.5. The highest BCUT2D eigenvalue weighted by Crippen LogP contribution is 2.27. The molecule has 4 heteroatoms. The summed E-state index contributed by atoms with van der Waals surface area (Å²) in [5.74, 6) is 1.81. The minimum absolute atomic E-state index is 0.300. The Hall–Kier alpha value is -2.88. The highest BCUT2D eigenvalue weighted by Gasteiger charge is 2.27. The molecule has 0 bridgehead atoms. The summed E-state index contributed by atoms with van der Waals surface area (Å²) in [5, 5.41) is 0. The van der Waals surface area contributed by atoms with Gasteiger partial charge in [-0.15, -0.1) is 0 Å². The second-order valence-electron chi connectivity index (χ2n) is 8.53. The number of amides is 1. The lowest BCUT2D eigenvalue weighted by Crippen LogP contribution is -2.29. The van der Waals surface area contributed by atoms with Gasteiger partial charge in [-0.3, -0.25) is 4.79 Å². The van der Waals surface area contributed by atoms with E-state index in [2.05, 4.69) is 73.9 Å². The molecule has 1 amide bonds. The first kappa shape index (κ1) is 20.4. The molecule has 3 aromatic rings. The van der Waals surface area contributed by atoms with Crippen molar-refractivity contribution in [3.05, 3.63) is 66.0 Å². The molecule has 1 fully saturated rings. The summed E-state index contributed by atoms with van der Waals surface area (Å²) in [6, 6.07) is 17.3. The van der Waals surface area contributed by atoms with Crippen LogP contribution in [0.3, 0.4) is 0 Å². The Balaban J connectivity index is 1.51. The SMILES string of the molecule is CCCC(=O)N1CCC(Cn2c(C)cnc2-c2ccc(-c3cccc(C)c3)cc2)C1. The van der Waals surface area contributed by atoms with Crippen molar-refractivity contribution in [2.45, 2.75) is 46.6 Å². The van der Waals surface area contributed by atoms with Crippen LogP contribution < -0.4 is 0 Å². The highest BCUT2D eigenvalue weighted by molar-refractivity contribution is 5.76. The summed E-state index contributed by atoms with van der Waals surface area (Å²) >= 11 is 0. The number of rotatable bonds is 6. The molecule has 0 saturated carbocycles. The van der Waals surface area contributed by atoms with Crippen LogP contribution in [0.25, 0.3) is 22.5 Å². The molecule has 4 nitrogen and oxygen atoms in total. The zero-order chi connectivity index (χ0) is 21.1. The molecule has 1 aliphatic heterocycles. The number of aryl methyl sites for hydroxylation is 2. The Kier molecular flexibility index (Phi) is 6.03. The van der Waals surface area contributed by atoms with Crippen molar-refractivity contribution < 1.29 is 4.79 Å². The van der Waals surface area contributed by atoms with Gasteiger partial charge in [0.05, 0.1) is 0 Å². The lowest BCUT2D eigenvalue weighted by Gasteiger charge is -2.18. The van der Waals surface area contributed by atoms with Gasteiger partial charge in [0.1, 0.15) is 5.82 Å².